The summed E-state index contributed by atoms with van der Waals surface area (Å²) in [4.78, 5) is 13.1. The highest BCUT2D eigenvalue weighted by molar-refractivity contribution is 5.92. The molecule has 0 bridgehead atoms. The number of carbonyl (C=O) groups is 1. The molecular formula is C8H13N3O2. The quantitative estimate of drug-likeness (QED) is 0.716. The normalized spacial score (nSPS) is 10.1. The standard InChI is InChI=1S/C8H13N3O2/c1-6-5-10-13-7(6)8(12)11(2)4-3-9/h5H,3-4,9H2,1-2H3. The molecule has 2 N–H and O–H groups in total. The maximum Gasteiger partial charge on any atom is 0.292 e. The SMILES string of the molecule is Cc1cnoc1C(=O)N(C)CCN. The first-order chi connectivity index (χ1) is 6.16. The van der Waals surface area contributed by atoms with Gasteiger partial charge in [0.05, 0.1) is 6.20 Å². The molecule has 0 radical (unpaired) electrons. The minimum absolute atomic E-state index is 0.180. The Labute approximate surface area is 76.5 Å². The number of nitrogens with two attached hydrogens (primary N) is 1. The van der Waals surface area contributed by atoms with Gasteiger partial charge in [0, 0.05) is 25.7 Å². The van der Waals surface area contributed by atoms with Crippen LogP contribution < -0.4 is 5.73 Å². The third-order valence-electron chi connectivity index (χ3n) is 1.75. The molecule has 1 aromatic heterocycles. The van der Waals surface area contributed by atoms with Gasteiger partial charge in [-0.2, -0.15) is 0 Å². The molecule has 1 heterocycles. The van der Waals surface area contributed by atoms with E-state index < -0.39 is 0 Å². The van der Waals surface area contributed by atoms with E-state index >= 15 is 0 Å². The van der Waals surface area contributed by atoms with Crippen molar-refractivity contribution in [1.82, 2.24) is 10.1 Å². The molecule has 5 heteroatoms. The lowest BCUT2D eigenvalue weighted by Crippen LogP contribution is -2.31. The number of likely N-dealkylation sites (N-methyl/N-ethyl adjacent to an activating group) is 1. The molecular weight excluding hydrogens is 170 g/mol. The van der Waals surface area contributed by atoms with Gasteiger partial charge in [0.15, 0.2) is 0 Å². The largest absolute Gasteiger partial charge is 0.351 e. The van der Waals surface area contributed by atoms with Crippen molar-refractivity contribution in [3.05, 3.63) is 17.5 Å². The van der Waals surface area contributed by atoms with Crippen LogP contribution in [-0.2, 0) is 0 Å². The maximum absolute atomic E-state index is 11.6. The Balaban J connectivity index is 2.73. The van der Waals surface area contributed by atoms with E-state index in [-0.39, 0.29) is 11.7 Å². The minimum atomic E-state index is -0.180. The predicted molar refractivity (Wildman–Crippen MR) is 47.3 cm³/mol. The lowest BCUT2D eigenvalue weighted by Gasteiger charge is -2.13. The number of hydrogen-bond acceptors (Lipinski definition) is 4. The fourth-order valence-corrected chi connectivity index (χ4v) is 0.965. The molecule has 0 spiro atoms. The average Bonchev–Trinajstić information content (AvgIpc) is 2.50. The first kappa shape index (κ1) is 9.73. The van der Waals surface area contributed by atoms with Gasteiger partial charge in [0.25, 0.3) is 5.91 Å². The molecule has 0 aromatic carbocycles. The molecule has 13 heavy (non-hydrogen) atoms. The Morgan fingerprint density at radius 2 is 2.46 bits per heavy atom. The topological polar surface area (TPSA) is 72.4 Å². The summed E-state index contributed by atoms with van der Waals surface area (Å²) in [6.45, 7) is 2.73. The second-order valence-corrected chi connectivity index (χ2v) is 2.85. The number of carbonyl (C=O) groups excluding carboxylic acids is 1. The third kappa shape index (κ3) is 2.06. The first-order valence-corrected chi connectivity index (χ1v) is 4.03. The first-order valence-electron chi connectivity index (χ1n) is 4.03. The lowest BCUT2D eigenvalue weighted by molar-refractivity contribution is 0.0757. The molecule has 1 amide bonds. The van der Waals surface area contributed by atoms with Gasteiger partial charge in [-0.3, -0.25) is 4.79 Å². The molecule has 0 aliphatic carbocycles. The maximum atomic E-state index is 11.6. The molecule has 0 unspecified atom stereocenters. The van der Waals surface area contributed by atoms with Gasteiger partial charge in [0.2, 0.25) is 5.76 Å². The summed E-state index contributed by atoms with van der Waals surface area (Å²) in [7, 11) is 1.68. The molecule has 0 aliphatic rings. The van der Waals surface area contributed by atoms with Crippen molar-refractivity contribution >= 4 is 5.91 Å². The number of hydrogen-bond donors (Lipinski definition) is 1. The van der Waals surface area contributed by atoms with E-state index in [2.05, 4.69) is 5.16 Å². The number of aryl methyl sites for hydroxylation is 1. The summed E-state index contributed by atoms with van der Waals surface area (Å²) < 4.78 is 4.81. The molecule has 1 aromatic rings. The van der Waals surface area contributed by atoms with E-state index in [1.165, 1.54) is 11.1 Å². The highest BCUT2D eigenvalue weighted by atomic mass is 16.5. The Morgan fingerprint density at radius 3 is 2.92 bits per heavy atom. The van der Waals surface area contributed by atoms with E-state index in [0.717, 1.165) is 5.56 Å². The van der Waals surface area contributed by atoms with Crippen molar-refractivity contribution in [2.75, 3.05) is 20.1 Å². The van der Waals surface area contributed by atoms with E-state index in [9.17, 15) is 4.79 Å². The van der Waals surface area contributed by atoms with Crippen LogP contribution in [0.2, 0.25) is 0 Å². The van der Waals surface area contributed by atoms with Gasteiger partial charge in [-0.15, -0.1) is 0 Å². The number of amides is 1. The predicted octanol–water partition coefficient (Wildman–Crippen LogP) is 0.0137. The Bertz CT molecular complexity index is 295. The third-order valence-corrected chi connectivity index (χ3v) is 1.75. The molecule has 0 atom stereocenters. The zero-order valence-electron chi connectivity index (χ0n) is 7.78. The van der Waals surface area contributed by atoms with E-state index in [0.29, 0.717) is 13.1 Å². The molecule has 0 saturated carbocycles. The number of nitrogens with zero attached hydrogens (tertiary/aromatic N) is 2. The molecule has 5 nitrogen and oxygen atoms in total. The molecule has 0 fully saturated rings. The van der Waals surface area contributed by atoms with Crippen molar-refractivity contribution < 1.29 is 9.32 Å². The minimum Gasteiger partial charge on any atom is -0.351 e. The van der Waals surface area contributed by atoms with Crippen molar-refractivity contribution in [3.8, 4) is 0 Å². The van der Waals surface area contributed by atoms with Crippen LogP contribution in [-0.4, -0.2) is 36.1 Å². The van der Waals surface area contributed by atoms with Crippen LogP contribution in [0, 0.1) is 6.92 Å². The highest BCUT2D eigenvalue weighted by Crippen LogP contribution is 2.08. The summed E-state index contributed by atoms with van der Waals surface area (Å²) >= 11 is 0. The Morgan fingerprint density at radius 1 is 1.77 bits per heavy atom. The molecule has 72 valence electrons. The van der Waals surface area contributed by atoms with Gasteiger partial charge < -0.3 is 15.2 Å². The van der Waals surface area contributed by atoms with E-state index in [1.54, 1.807) is 14.0 Å². The summed E-state index contributed by atoms with van der Waals surface area (Å²) in [6.07, 6.45) is 1.52. The zero-order chi connectivity index (χ0) is 9.84. The van der Waals surface area contributed by atoms with Crippen LogP contribution in [0.5, 0.6) is 0 Å². The van der Waals surface area contributed by atoms with Gasteiger partial charge in [0.1, 0.15) is 0 Å². The summed E-state index contributed by atoms with van der Waals surface area (Å²) in [5.41, 5.74) is 6.06. The van der Waals surface area contributed by atoms with Crippen molar-refractivity contribution in [2.45, 2.75) is 6.92 Å². The van der Waals surface area contributed by atoms with Crippen LogP contribution in [0.15, 0.2) is 10.7 Å². The van der Waals surface area contributed by atoms with E-state index in [4.69, 9.17) is 10.3 Å². The van der Waals surface area contributed by atoms with Gasteiger partial charge in [-0.1, -0.05) is 5.16 Å². The lowest BCUT2D eigenvalue weighted by atomic mass is 10.2. The smallest absolute Gasteiger partial charge is 0.292 e. The number of aromatic nitrogens is 1. The molecule has 1 rings (SSSR count). The fourth-order valence-electron chi connectivity index (χ4n) is 0.965. The highest BCUT2D eigenvalue weighted by Gasteiger charge is 2.17. The van der Waals surface area contributed by atoms with E-state index in [1.807, 2.05) is 0 Å². The van der Waals surface area contributed by atoms with Crippen molar-refractivity contribution in [2.24, 2.45) is 5.73 Å². The second-order valence-electron chi connectivity index (χ2n) is 2.85. The Hall–Kier alpha value is -1.36. The molecule has 0 aliphatic heterocycles. The summed E-state index contributed by atoms with van der Waals surface area (Å²) in [5.74, 6) is 0.108. The monoisotopic (exact) mass is 183 g/mol. The van der Waals surface area contributed by atoms with Gasteiger partial charge in [-0.25, -0.2) is 0 Å². The summed E-state index contributed by atoms with van der Waals surface area (Å²) in [5, 5.41) is 3.53. The second kappa shape index (κ2) is 4.04. The average molecular weight is 183 g/mol. The van der Waals surface area contributed by atoms with Gasteiger partial charge in [-0.05, 0) is 6.92 Å². The fraction of sp³-hybridized carbons (Fsp3) is 0.500. The Kier molecular flexibility index (Phi) is 3.02. The van der Waals surface area contributed by atoms with Crippen LogP contribution in [0.1, 0.15) is 16.1 Å². The van der Waals surface area contributed by atoms with Crippen LogP contribution in [0.25, 0.3) is 0 Å². The van der Waals surface area contributed by atoms with Gasteiger partial charge >= 0.3 is 0 Å². The summed E-state index contributed by atoms with van der Waals surface area (Å²) in [6, 6.07) is 0. The van der Waals surface area contributed by atoms with Crippen LogP contribution >= 0.6 is 0 Å². The van der Waals surface area contributed by atoms with Crippen LogP contribution in [0.4, 0.5) is 0 Å². The van der Waals surface area contributed by atoms with Crippen molar-refractivity contribution in [1.29, 1.82) is 0 Å². The molecule has 0 saturated heterocycles. The van der Waals surface area contributed by atoms with Crippen LogP contribution in [0.3, 0.4) is 0 Å². The zero-order valence-corrected chi connectivity index (χ0v) is 7.78. The van der Waals surface area contributed by atoms with Crippen molar-refractivity contribution in [3.63, 3.8) is 0 Å². The number of rotatable bonds is 3.